The number of hydrogen-bond donors (Lipinski definition) is 3. The SMILES string of the molecule is Cc1cc(SC(C)(C)C)ccc1NC(=O)NC(C)(CO)C1CC1. The van der Waals surface area contributed by atoms with Gasteiger partial charge in [-0.2, -0.15) is 0 Å². The molecule has 0 heterocycles. The van der Waals surface area contributed by atoms with Crippen LogP contribution in [0.15, 0.2) is 23.1 Å². The molecule has 5 heteroatoms. The Morgan fingerprint density at radius 3 is 2.43 bits per heavy atom. The molecule has 3 N–H and O–H groups in total. The van der Waals surface area contributed by atoms with Crippen LogP contribution >= 0.6 is 11.8 Å². The zero-order chi connectivity index (χ0) is 17.3. The first-order chi connectivity index (χ1) is 10.6. The van der Waals surface area contributed by atoms with Crippen molar-refractivity contribution in [1.82, 2.24) is 5.32 Å². The first kappa shape index (κ1) is 18.1. The second kappa shape index (κ2) is 6.73. The molecule has 4 nitrogen and oxygen atoms in total. The Morgan fingerprint density at radius 2 is 1.96 bits per heavy atom. The maximum atomic E-state index is 12.2. The third-order valence-electron chi connectivity index (χ3n) is 4.08. The monoisotopic (exact) mass is 336 g/mol. The Balaban J connectivity index is 2.01. The second-order valence-electron chi connectivity index (χ2n) is 7.62. The first-order valence-electron chi connectivity index (χ1n) is 8.13. The number of aryl methyl sites for hydroxylation is 1. The Bertz CT molecular complexity index is 579. The van der Waals surface area contributed by atoms with E-state index in [2.05, 4.69) is 37.5 Å². The molecule has 0 spiro atoms. The van der Waals surface area contributed by atoms with Gasteiger partial charge in [0.2, 0.25) is 0 Å². The quantitative estimate of drug-likeness (QED) is 0.707. The van der Waals surface area contributed by atoms with Gasteiger partial charge in [-0.1, -0.05) is 20.8 Å². The molecule has 1 aliphatic rings. The van der Waals surface area contributed by atoms with Crippen LogP contribution in [-0.2, 0) is 0 Å². The molecule has 1 atom stereocenters. The lowest BCUT2D eigenvalue weighted by molar-refractivity contribution is 0.159. The first-order valence-corrected chi connectivity index (χ1v) is 8.94. The van der Waals surface area contributed by atoms with Gasteiger partial charge in [-0.25, -0.2) is 4.79 Å². The van der Waals surface area contributed by atoms with Crippen molar-refractivity contribution in [3.8, 4) is 0 Å². The molecular weight excluding hydrogens is 308 g/mol. The van der Waals surface area contributed by atoms with Gasteiger partial charge in [0.15, 0.2) is 0 Å². The van der Waals surface area contributed by atoms with Crippen molar-refractivity contribution in [3.63, 3.8) is 0 Å². The minimum absolute atomic E-state index is 0.0365. The summed E-state index contributed by atoms with van der Waals surface area (Å²) in [4.78, 5) is 13.4. The highest BCUT2D eigenvalue weighted by molar-refractivity contribution is 8.00. The summed E-state index contributed by atoms with van der Waals surface area (Å²) in [5.41, 5.74) is 1.31. The molecule has 1 aromatic carbocycles. The molecule has 0 saturated heterocycles. The lowest BCUT2D eigenvalue weighted by Crippen LogP contribution is -2.52. The number of carbonyl (C=O) groups excluding carboxylic acids is 1. The maximum absolute atomic E-state index is 12.2. The molecule has 0 aromatic heterocycles. The Hall–Kier alpha value is -1.20. The molecule has 0 radical (unpaired) electrons. The minimum Gasteiger partial charge on any atom is -0.394 e. The topological polar surface area (TPSA) is 61.4 Å². The van der Waals surface area contributed by atoms with E-state index in [4.69, 9.17) is 0 Å². The smallest absolute Gasteiger partial charge is 0.319 e. The molecule has 1 aliphatic carbocycles. The average Bonchev–Trinajstić information content (AvgIpc) is 3.24. The summed E-state index contributed by atoms with van der Waals surface area (Å²) in [6, 6.07) is 5.81. The summed E-state index contributed by atoms with van der Waals surface area (Å²) in [5.74, 6) is 0.380. The largest absolute Gasteiger partial charge is 0.394 e. The fraction of sp³-hybridized carbons (Fsp3) is 0.611. The van der Waals surface area contributed by atoms with E-state index in [9.17, 15) is 9.90 Å². The van der Waals surface area contributed by atoms with Gasteiger partial charge in [0.05, 0.1) is 12.1 Å². The van der Waals surface area contributed by atoms with Crippen molar-refractivity contribution in [2.45, 2.75) is 62.6 Å². The third-order valence-corrected chi connectivity index (χ3v) is 5.18. The van der Waals surface area contributed by atoms with E-state index in [0.717, 1.165) is 24.1 Å². The molecule has 2 rings (SSSR count). The number of aliphatic hydroxyl groups excluding tert-OH is 1. The van der Waals surface area contributed by atoms with Gasteiger partial charge in [-0.05, 0) is 56.4 Å². The van der Waals surface area contributed by atoms with Gasteiger partial charge < -0.3 is 15.7 Å². The molecule has 1 aromatic rings. The van der Waals surface area contributed by atoms with Crippen LogP contribution in [-0.4, -0.2) is 28.0 Å². The van der Waals surface area contributed by atoms with E-state index in [1.165, 1.54) is 4.90 Å². The van der Waals surface area contributed by atoms with Crippen molar-refractivity contribution in [3.05, 3.63) is 23.8 Å². The van der Waals surface area contributed by atoms with E-state index in [-0.39, 0.29) is 17.4 Å². The molecule has 23 heavy (non-hydrogen) atoms. The summed E-state index contributed by atoms with van der Waals surface area (Å²) in [6.45, 7) is 10.4. The Morgan fingerprint density at radius 1 is 1.30 bits per heavy atom. The zero-order valence-corrected chi connectivity index (χ0v) is 15.5. The second-order valence-corrected chi connectivity index (χ2v) is 9.52. The number of hydrogen-bond acceptors (Lipinski definition) is 3. The fourth-order valence-electron chi connectivity index (χ4n) is 2.60. The lowest BCUT2D eigenvalue weighted by Gasteiger charge is -2.29. The molecule has 1 saturated carbocycles. The third kappa shape index (κ3) is 5.15. The van der Waals surface area contributed by atoms with Crippen LogP contribution in [0.3, 0.4) is 0 Å². The predicted octanol–water partition coefficient (Wildman–Crippen LogP) is 4.17. The van der Waals surface area contributed by atoms with Gasteiger partial charge in [0.25, 0.3) is 0 Å². The van der Waals surface area contributed by atoms with E-state index < -0.39 is 5.54 Å². The number of carbonyl (C=O) groups is 1. The number of aliphatic hydroxyl groups is 1. The molecule has 1 fully saturated rings. The van der Waals surface area contributed by atoms with Crippen molar-refractivity contribution in [1.29, 1.82) is 0 Å². The van der Waals surface area contributed by atoms with Crippen LogP contribution in [0, 0.1) is 12.8 Å². The van der Waals surface area contributed by atoms with E-state index in [1.807, 2.05) is 26.0 Å². The van der Waals surface area contributed by atoms with Crippen LogP contribution in [0.5, 0.6) is 0 Å². The van der Waals surface area contributed by atoms with E-state index in [0.29, 0.717) is 5.92 Å². The van der Waals surface area contributed by atoms with Gasteiger partial charge in [-0.15, -0.1) is 11.8 Å². The molecule has 2 amide bonds. The predicted molar refractivity (Wildman–Crippen MR) is 97.2 cm³/mol. The fourth-order valence-corrected chi connectivity index (χ4v) is 3.68. The number of benzene rings is 1. The number of thioether (sulfide) groups is 1. The highest BCUT2D eigenvalue weighted by Gasteiger charge is 2.42. The van der Waals surface area contributed by atoms with Gasteiger partial charge in [0.1, 0.15) is 0 Å². The number of urea groups is 1. The summed E-state index contributed by atoms with van der Waals surface area (Å²) >= 11 is 1.81. The number of rotatable bonds is 5. The normalized spacial score (nSPS) is 17.5. The molecule has 0 aliphatic heterocycles. The van der Waals surface area contributed by atoms with Crippen molar-refractivity contribution >= 4 is 23.5 Å². The van der Waals surface area contributed by atoms with Gasteiger partial charge >= 0.3 is 6.03 Å². The van der Waals surface area contributed by atoms with Crippen LogP contribution in [0.1, 0.15) is 46.1 Å². The molecule has 1 unspecified atom stereocenters. The number of amides is 2. The van der Waals surface area contributed by atoms with Crippen LogP contribution in [0.25, 0.3) is 0 Å². The van der Waals surface area contributed by atoms with Crippen molar-refractivity contribution in [2.75, 3.05) is 11.9 Å². The van der Waals surface area contributed by atoms with Crippen molar-refractivity contribution in [2.24, 2.45) is 5.92 Å². The average molecular weight is 337 g/mol. The summed E-state index contributed by atoms with van der Waals surface area (Å²) < 4.78 is 0.159. The van der Waals surface area contributed by atoms with Crippen LogP contribution in [0.2, 0.25) is 0 Å². The van der Waals surface area contributed by atoms with Gasteiger partial charge in [0, 0.05) is 15.3 Å². The maximum Gasteiger partial charge on any atom is 0.319 e. The minimum atomic E-state index is -0.528. The molecule has 0 bridgehead atoms. The molecular formula is C18H28N2O2S. The number of anilines is 1. The van der Waals surface area contributed by atoms with E-state index in [1.54, 1.807) is 11.8 Å². The summed E-state index contributed by atoms with van der Waals surface area (Å²) in [7, 11) is 0. The summed E-state index contributed by atoms with van der Waals surface area (Å²) in [5, 5.41) is 15.4. The standard InChI is InChI=1S/C18H28N2O2S/c1-12-10-14(23-17(2,3)4)8-9-15(12)19-16(22)20-18(5,11-21)13-6-7-13/h8-10,13,21H,6-7,11H2,1-5H3,(H2,19,20,22). The van der Waals surface area contributed by atoms with Gasteiger partial charge in [-0.3, -0.25) is 0 Å². The number of nitrogens with one attached hydrogen (secondary N) is 2. The highest BCUT2D eigenvalue weighted by Crippen LogP contribution is 2.39. The van der Waals surface area contributed by atoms with Crippen LogP contribution < -0.4 is 10.6 Å². The Labute approximate surface area is 143 Å². The Kier molecular flexibility index (Phi) is 5.31. The van der Waals surface area contributed by atoms with Crippen molar-refractivity contribution < 1.29 is 9.90 Å². The van der Waals surface area contributed by atoms with Crippen LogP contribution in [0.4, 0.5) is 10.5 Å². The lowest BCUT2D eigenvalue weighted by atomic mass is 9.97. The zero-order valence-electron chi connectivity index (χ0n) is 14.7. The molecule has 128 valence electrons. The summed E-state index contributed by atoms with van der Waals surface area (Å²) in [6.07, 6.45) is 2.13. The van der Waals surface area contributed by atoms with E-state index >= 15 is 0 Å². The highest BCUT2D eigenvalue weighted by atomic mass is 32.2.